The van der Waals surface area contributed by atoms with Crippen molar-refractivity contribution in [2.24, 2.45) is 0 Å². The van der Waals surface area contributed by atoms with Gasteiger partial charge in [-0.1, -0.05) is 79.9 Å². The van der Waals surface area contributed by atoms with E-state index < -0.39 is 0 Å². The SMILES string of the molecule is CCOC(=O)c1c(CCc2ccccc2)c(N)c(C#N)c(-c2ccccc2)c1C1CCCCC1. The fraction of sp³-hybridized carbons (Fsp3) is 0.333. The first-order valence-electron chi connectivity index (χ1n) is 12.3. The van der Waals surface area contributed by atoms with Crippen LogP contribution in [0.25, 0.3) is 11.1 Å². The topological polar surface area (TPSA) is 76.1 Å². The summed E-state index contributed by atoms with van der Waals surface area (Å²) in [5, 5.41) is 10.3. The summed E-state index contributed by atoms with van der Waals surface area (Å²) in [7, 11) is 0. The van der Waals surface area contributed by atoms with Crippen molar-refractivity contribution in [2.75, 3.05) is 12.3 Å². The molecule has 34 heavy (non-hydrogen) atoms. The van der Waals surface area contributed by atoms with Crippen molar-refractivity contribution < 1.29 is 9.53 Å². The van der Waals surface area contributed by atoms with E-state index in [-0.39, 0.29) is 11.9 Å². The zero-order chi connectivity index (χ0) is 23.9. The molecule has 0 saturated heterocycles. The highest BCUT2D eigenvalue weighted by Crippen LogP contribution is 2.45. The van der Waals surface area contributed by atoms with Gasteiger partial charge in [-0.15, -0.1) is 0 Å². The molecule has 0 radical (unpaired) electrons. The number of nitrogens with zero attached hydrogens (tertiary/aromatic N) is 1. The number of aryl methyl sites for hydroxylation is 1. The normalized spacial score (nSPS) is 13.9. The van der Waals surface area contributed by atoms with E-state index in [9.17, 15) is 10.1 Å². The lowest BCUT2D eigenvalue weighted by atomic mass is 9.75. The van der Waals surface area contributed by atoms with E-state index in [1.54, 1.807) is 0 Å². The first-order valence-corrected chi connectivity index (χ1v) is 12.3. The molecule has 2 N–H and O–H groups in total. The third kappa shape index (κ3) is 4.84. The van der Waals surface area contributed by atoms with E-state index in [0.29, 0.717) is 29.8 Å². The number of carbonyl (C=O) groups is 1. The Balaban J connectivity index is 1.98. The van der Waals surface area contributed by atoms with Gasteiger partial charge >= 0.3 is 5.97 Å². The van der Waals surface area contributed by atoms with Crippen LogP contribution in [0.15, 0.2) is 60.7 Å². The molecule has 1 saturated carbocycles. The summed E-state index contributed by atoms with van der Waals surface area (Å²) in [6.07, 6.45) is 6.75. The van der Waals surface area contributed by atoms with Crippen LogP contribution in [0.4, 0.5) is 5.69 Å². The lowest BCUT2D eigenvalue weighted by molar-refractivity contribution is 0.0523. The molecule has 0 aromatic heterocycles. The lowest BCUT2D eigenvalue weighted by Crippen LogP contribution is -2.20. The fourth-order valence-corrected chi connectivity index (χ4v) is 5.27. The number of nitriles is 1. The summed E-state index contributed by atoms with van der Waals surface area (Å²) in [6, 6.07) is 22.5. The monoisotopic (exact) mass is 452 g/mol. The molecule has 3 aromatic carbocycles. The predicted octanol–water partition coefficient (Wildman–Crippen LogP) is 6.82. The van der Waals surface area contributed by atoms with Crippen molar-refractivity contribution in [1.29, 1.82) is 5.26 Å². The largest absolute Gasteiger partial charge is 0.462 e. The Hall–Kier alpha value is -3.58. The van der Waals surface area contributed by atoms with Gasteiger partial charge in [0.2, 0.25) is 0 Å². The highest BCUT2D eigenvalue weighted by atomic mass is 16.5. The third-order valence-electron chi connectivity index (χ3n) is 6.86. The Morgan fingerprint density at radius 2 is 1.65 bits per heavy atom. The van der Waals surface area contributed by atoms with Gasteiger partial charge < -0.3 is 10.5 Å². The predicted molar refractivity (Wildman–Crippen MR) is 137 cm³/mol. The van der Waals surface area contributed by atoms with E-state index in [1.807, 2.05) is 55.5 Å². The van der Waals surface area contributed by atoms with Gasteiger partial charge in [-0.05, 0) is 60.8 Å². The van der Waals surface area contributed by atoms with Crippen molar-refractivity contribution in [1.82, 2.24) is 0 Å². The minimum Gasteiger partial charge on any atom is -0.462 e. The van der Waals surface area contributed by atoms with Gasteiger partial charge in [0.05, 0.1) is 23.4 Å². The van der Waals surface area contributed by atoms with Crippen molar-refractivity contribution in [3.8, 4) is 17.2 Å². The molecule has 4 nitrogen and oxygen atoms in total. The molecule has 1 aliphatic rings. The number of rotatable bonds is 7. The summed E-state index contributed by atoms with van der Waals surface area (Å²) in [4.78, 5) is 13.5. The number of hydrogen-bond donors (Lipinski definition) is 1. The van der Waals surface area contributed by atoms with Crippen LogP contribution in [0.1, 0.15) is 77.6 Å². The number of benzene rings is 3. The zero-order valence-corrected chi connectivity index (χ0v) is 19.8. The first kappa shape index (κ1) is 23.6. The highest BCUT2D eigenvalue weighted by Gasteiger charge is 2.32. The van der Waals surface area contributed by atoms with E-state index in [1.165, 1.54) is 12.0 Å². The van der Waals surface area contributed by atoms with Crippen LogP contribution in [-0.4, -0.2) is 12.6 Å². The minimum absolute atomic E-state index is 0.200. The standard InChI is InChI=1S/C30H32N2O2/c1-2-34-30(33)28-24(19-18-21-12-6-3-7-13-21)29(32)25(20-31)26(22-14-8-4-9-15-22)27(28)23-16-10-5-11-17-23/h3-4,6-9,12-15,23H,2,5,10-11,16-19,32H2,1H3. The number of nitrogen functional groups attached to an aromatic ring is 1. The Kier molecular flexibility index (Phi) is 7.65. The molecule has 3 aromatic rings. The second-order valence-corrected chi connectivity index (χ2v) is 8.95. The quantitative estimate of drug-likeness (QED) is 0.315. The molecular weight excluding hydrogens is 420 g/mol. The smallest absolute Gasteiger partial charge is 0.338 e. The van der Waals surface area contributed by atoms with E-state index in [2.05, 4.69) is 18.2 Å². The summed E-state index contributed by atoms with van der Waals surface area (Å²) >= 11 is 0. The highest BCUT2D eigenvalue weighted by molar-refractivity contribution is 6.00. The Morgan fingerprint density at radius 1 is 1.00 bits per heavy atom. The molecule has 0 spiro atoms. The maximum atomic E-state index is 13.5. The molecule has 174 valence electrons. The number of ether oxygens (including phenoxy) is 1. The summed E-state index contributed by atoms with van der Waals surface area (Å²) in [5.74, 6) is -0.133. The summed E-state index contributed by atoms with van der Waals surface area (Å²) in [5.41, 5.74) is 12.8. The second-order valence-electron chi connectivity index (χ2n) is 8.95. The van der Waals surface area contributed by atoms with Crippen LogP contribution in [0.2, 0.25) is 0 Å². The summed E-state index contributed by atoms with van der Waals surface area (Å²) in [6.45, 7) is 2.12. The number of anilines is 1. The molecular formula is C30H32N2O2. The van der Waals surface area contributed by atoms with Crippen LogP contribution in [0, 0.1) is 11.3 Å². The average Bonchev–Trinajstić information content (AvgIpc) is 2.89. The Morgan fingerprint density at radius 3 is 2.26 bits per heavy atom. The molecule has 1 fully saturated rings. The summed E-state index contributed by atoms with van der Waals surface area (Å²) < 4.78 is 5.59. The van der Waals surface area contributed by atoms with Crippen LogP contribution < -0.4 is 5.73 Å². The second kappa shape index (κ2) is 11.0. The molecule has 0 bridgehead atoms. The van der Waals surface area contributed by atoms with Gasteiger partial charge in [0.15, 0.2) is 0 Å². The molecule has 0 unspecified atom stereocenters. The van der Waals surface area contributed by atoms with Crippen molar-refractivity contribution in [3.05, 3.63) is 88.5 Å². The van der Waals surface area contributed by atoms with Crippen molar-refractivity contribution >= 4 is 11.7 Å². The van der Waals surface area contributed by atoms with Crippen LogP contribution in [-0.2, 0) is 17.6 Å². The maximum absolute atomic E-state index is 13.5. The molecule has 0 atom stereocenters. The molecule has 4 rings (SSSR count). The number of nitrogens with two attached hydrogens (primary N) is 1. The van der Waals surface area contributed by atoms with Gasteiger partial charge in [0, 0.05) is 5.56 Å². The minimum atomic E-state index is -0.334. The van der Waals surface area contributed by atoms with Gasteiger partial charge in [0.25, 0.3) is 0 Å². The third-order valence-corrected chi connectivity index (χ3v) is 6.86. The number of esters is 1. The lowest BCUT2D eigenvalue weighted by Gasteiger charge is -2.30. The number of carbonyl (C=O) groups excluding carboxylic acids is 1. The van der Waals surface area contributed by atoms with E-state index >= 15 is 0 Å². The molecule has 4 heteroatoms. The van der Waals surface area contributed by atoms with Crippen molar-refractivity contribution in [2.45, 2.75) is 57.8 Å². The fourth-order valence-electron chi connectivity index (χ4n) is 5.27. The first-order chi connectivity index (χ1) is 16.7. The molecule has 0 aliphatic heterocycles. The Bertz CT molecular complexity index is 1170. The number of hydrogen-bond acceptors (Lipinski definition) is 4. The molecule has 0 amide bonds. The maximum Gasteiger partial charge on any atom is 0.338 e. The van der Waals surface area contributed by atoms with Crippen LogP contribution >= 0.6 is 0 Å². The van der Waals surface area contributed by atoms with E-state index in [4.69, 9.17) is 10.5 Å². The average molecular weight is 453 g/mol. The Labute approximate surface area is 202 Å². The molecule has 0 heterocycles. The van der Waals surface area contributed by atoms with Crippen LogP contribution in [0.5, 0.6) is 0 Å². The van der Waals surface area contributed by atoms with Gasteiger partial charge in [-0.25, -0.2) is 4.79 Å². The van der Waals surface area contributed by atoms with Gasteiger partial charge in [0.1, 0.15) is 6.07 Å². The zero-order valence-electron chi connectivity index (χ0n) is 19.8. The van der Waals surface area contributed by atoms with E-state index in [0.717, 1.165) is 54.4 Å². The van der Waals surface area contributed by atoms with Gasteiger partial charge in [-0.3, -0.25) is 0 Å². The molecule has 1 aliphatic carbocycles. The van der Waals surface area contributed by atoms with Gasteiger partial charge in [-0.2, -0.15) is 5.26 Å². The van der Waals surface area contributed by atoms with Crippen LogP contribution in [0.3, 0.4) is 0 Å². The van der Waals surface area contributed by atoms with Crippen molar-refractivity contribution in [3.63, 3.8) is 0 Å².